The fraction of sp³-hybridized carbons (Fsp3) is 0.133. The smallest absolute Gasteiger partial charge is 0.342 e. The van der Waals surface area contributed by atoms with Gasteiger partial charge in [-0.05, 0) is 6.07 Å². The number of pyridine rings is 1. The zero-order chi connectivity index (χ0) is 18.7. The van der Waals surface area contributed by atoms with E-state index in [-0.39, 0.29) is 11.3 Å². The molecule has 5 N–H and O–H groups in total. The third kappa shape index (κ3) is 3.57. The average molecular weight is 354 g/mol. The molecule has 0 bridgehead atoms. The number of aromatic carboxylic acids is 2. The normalized spacial score (nSPS) is 10.7. The predicted molar refractivity (Wildman–Crippen MR) is 82.3 cm³/mol. The SMILES string of the molecule is Nc1[nH]c(=O)c(C(=O)O)c(-c2ccccc2OCC(F)F)c1C(=O)O. The molecule has 0 radical (unpaired) electrons. The number of rotatable bonds is 6. The van der Waals surface area contributed by atoms with Gasteiger partial charge in [0.05, 0.1) is 0 Å². The van der Waals surface area contributed by atoms with Gasteiger partial charge in [0, 0.05) is 11.1 Å². The molecule has 0 unspecified atom stereocenters. The summed E-state index contributed by atoms with van der Waals surface area (Å²) < 4.78 is 29.7. The predicted octanol–water partition coefficient (Wildman–Crippen LogP) is 1.66. The molecule has 0 aliphatic heterocycles. The molecule has 0 saturated heterocycles. The number of hydrogen-bond acceptors (Lipinski definition) is 5. The van der Waals surface area contributed by atoms with E-state index in [9.17, 15) is 33.4 Å². The highest BCUT2D eigenvalue weighted by atomic mass is 19.3. The van der Waals surface area contributed by atoms with Crippen LogP contribution in [0.5, 0.6) is 5.75 Å². The highest BCUT2D eigenvalue weighted by molar-refractivity contribution is 6.08. The molecule has 0 aliphatic rings. The minimum atomic E-state index is -2.81. The number of carboxylic acid groups (broad SMARTS) is 2. The van der Waals surface area contributed by atoms with Gasteiger partial charge in [-0.3, -0.25) is 4.79 Å². The summed E-state index contributed by atoms with van der Waals surface area (Å²) in [6.07, 6.45) is -2.81. The first-order chi connectivity index (χ1) is 11.7. The van der Waals surface area contributed by atoms with Gasteiger partial charge < -0.3 is 25.7 Å². The van der Waals surface area contributed by atoms with Gasteiger partial charge >= 0.3 is 11.9 Å². The Morgan fingerprint density at radius 3 is 2.32 bits per heavy atom. The number of nitrogens with one attached hydrogen (secondary N) is 1. The number of nitrogen functional groups attached to an aromatic ring is 1. The number of nitrogens with two attached hydrogens (primary N) is 1. The number of benzene rings is 1. The van der Waals surface area contributed by atoms with E-state index in [0.717, 1.165) is 0 Å². The first kappa shape index (κ1) is 17.9. The third-order valence-electron chi connectivity index (χ3n) is 3.19. The van der Waals surface area contributed by atoms with Crippen molar-refractivity contribution in [3.05, 3.63) is 45.7 Å². The van der Waals surface area contributed by atoms with Crippen molar-refractivity contribution < 1.29 is 33.3 Å². The molecule has 0 atom stereocenters. The molecule has 2 rings (SSSR count). The average Bonchev–Trinajstić information content (AvgIpc) is 2.51. The van der Waals surface area contributed by atoms with E-state index in [2.05, 4.69) is 0 Å². The zero-order valence-corrected chi connectivity index (χ0v) is 12.5. The minimum absolute atomic E-state index is 0.157. The van der Waals surface area contributed by atoms with Gasteiger partial charge in [0.15, 0.2) is 0 Å². The molecule has 2 aromatic rings. The maximum absolute atomic E-state index is 12.4. The van der Waals surface area contributed by atoms with Crippen molar-refractivity contribution in [2.24, 2.45) is 0 Å². The number of ether oxygens (including phenoxy) is 1. The van der Waals surface area contributed by atoms with E-state index in [0.29, 0.717) is 0 Å². The van der Waals surface area contributed by atoms with E-state index in [4.69, 9.17) is 10.5 Å². The molecule has 10 heteroatoms. The number of carboxylic acids is 2. The van der Waals surface area contributed by atoms with Crippen molar-refractivity contribution in [2.75, 3.05) is 12.3 Å². The largest absolute Gasteiger partial charge is 0.487 e. The van der Waals surface area contributed by atoms with E-state index in [1.54, 1.807) is 0 Å². The second kappa shape index (κ2) is 6.99. The number of aromatic nitrogens is 1. The van der Waals surface area contributed by atoms with Crippen LogP contribution in [-0.2, 0) is 0 Å². The van der Waals surface area contributed by atoms with Gasteiger partial charge in [0.1, 0.15) is 29.3 Å². The molecule has 0 aliphatic carbocycles. The van der Waals surface area contributed by atoms with Crippen LogP contribution in [-0.4, -0.2) is 40.2 Å². The van der Waals surface area contributed by atoms with Gasteiger partial charge in [-0.2, -0.15) is 0 Å². The summed E-state index contributed by atoms with van der Waals surface area (Å²) in [6.45, 7) is -1.000. The summed E-state index contributed by atoms with van der Waals surface area (Å²) in [5, 5.41) is 18.7. The molecule has 1 aromatic carbocycles. The number of carbonyl (C=O) groups is 2. The summed E-state index contributed by atoms with van der Waals surface area (Å²) in [5.74, 6) is -4.09. The molecule has 0 fully saturated rings. The molecule has 0 saturated carbocycles. The van der Waals surface area contributed by atoms with Crippen LogP contribution in [0.25, 0.3) is 11.1 Å². The quantitative estimate of drug-likeness (QED) is 0.618. The summed E-state index contributed by atoms with van der Waals surface area (Å²) in [6, 6.07) is 5.31. The number of hydrogen-bond donors (Lipinski definition) is 4. The lowest BCUT2D eigenvalue weighted by molar-refractivity contribution is 0.0695. The Bertz CT molecular complexity index is 894. The zero-order valence-electron chi connectivity index (χ0n) is 12.5. The van der Waals surface area contributed by atoms with Gasteiger partial charge in [-0.1, -0.05) is 18.2 Å². The molecule has 1 heterocycles. The molecule has 0 spiro atoms. The van der Waals surface area contributed by atoms with Gasteiger partial charge in [0.2, 0.25) is 0 Å². The Kier molecular flexibility index (Phi) is 5.01. The van der Waals surface area contributed by atoms with Crippen molar-refractivity contribution in [3.8, 4) is 16.9 Å². The summed E-state index contributed by atoms with van der Waals surface area (Å²) in [7, 11) is 0. The monoisotopic (exact) mass is 354 g/mol. The van der Waals surface area contributed by atoms with E-state index in [1.165, 1.54) is 24.3 Å². The summed E-state index contributed by atoms with van der Waals surface area (Å²) in [5.41, 5.74) is 2.14. The van der Waals surface area contributed by atoms with E-state index >= 15 is 0 Å². The third-order valence-corrected chi connectivity index (χ3v) is 3.19. The summed E-state index contributed by atoms with van der Waals surface area (Å²) in [4.78, 5) is 36.9. The van der Waals surface area contributed by atoms with Crippen molar-refractivity contribution in [3.63, 3.8) is 0 Å². The van der Waals surface area contributed by atoms with Crippen LogP contribution >= 0.6 is 0 Å². The number of alkyl halides is 2. The number of anilines is 1. The van der Waals surface area contributed by atoms with Gasteiger partial charge in [-0.25, -0.2) is 18.4 Å². The Balaban J connectivity index is 2.85. The first-order valence-corrected chi connectivity index (χ1v) is 6.76. The molecule has 8 nitrogen and oxygen atoms in total. The van der Waals surface area contributed by atoms with Crippen LogP contribution in [0.2, 0.25) is 0 Å². The molecule has 25 heavy (non-hydrogen) atoms. The van der Waals surface area contributed by atoms with E-state index in [1.807, 2.05) is 4.98 Å². The lowest BCUT2D eigenvalue weighted by Gasteiger charge is -2.16. The lowest BCUT2D eigenvalue weighted by atomic mass is 9.94. The Morgan fingerprint density at radius 2 is 1.76 bits per heavy atom. The Morgan fingerprint density at radius 1 is 1.16 bits per heavy atom. The van der Waals surface area contributed by atoms with Crippen LogP contribution in [0.1, 0.15) is 20.7 Å². The fourth-order valence-corrected chi connectivity index (χ4v) is 2.27. The Labute approximate surface area is 138 Å². The second-order valence-corrected chi connectivity index (χ2v) is 4.80. The van der Waals surface area contributed by atoms with E-state index < -0.39 is 53.0 Å². The lowest BCUT2D eigenvalue weighted by Crippen LogP contribution is -2.24. The van der Waals surface area contributed by atoms with Crippen molar-refractivity contribution in [1.29, 1.82) is 0 Å². The molecule has 132 valence electrons. The molecule has 1 aromatic heterocycles. The molecular weight excluding hydrogens is 342 g/mol. The van der Waals surface area contributed by atoms with Gasteiger partial charge in [0.25, 0.3) is 12.0 Å². The number of H-pyrrole nitrogens is 1. The Hall–Kier alpha value is -3.43. The standard InChI is InChI=1S/C15H12F2N2O6/c16-8(17)5-25-7-4-2-1-3-6(7)9-10(14(21)22)12(18)19-13(20)11(9)15(23)24/h1-4,8H,5H2,(H,21,22)(H,23,24)(H3,18,19,20). The molecular formula is C15H12F2N2O6. The van der Waals surface area contributed by atoms with Crippen molar-refractivity contribution >= 4 is 17.8 Å². The van der Waals surface area contributed by atoms with Crippen LogP contribution in [0, 0.1) is 0 Å². The van der Waals surface area contributed by atoms with Crippen LogP contribution in [0.15, 0.2) is 29.1 Å². The number of halogens is 2. The van der Waals surface area contributed by atoms with Crippen LogP contribution in [0.4, 0.5) is 14.6 Å². The second-order valence-electron chi connectivity index (χ2n) is 4.80. The number of para-hydroxylation sites is 1. The maximum Gasteiger partial charge on any atom is 0.342 e. The van der Waals surface area contributed by atoms with Gasteiger partial charge in [-0.15, -0.1) is 0 Å². The first-order valence-electron chi connectivity index (χ1n) is 6.76. The highest BCUT2D eigenvalue weighted by Crippen LogP contribution is 2.35. The maximum atomic E-state index is 12.4. The van der Waals surface area contributed by atoms with Crippen molar-refractivity contribution in [2.45, 2.75) is 6.43 Å². The number of aromatic amines is 1. The van der Waals surface area contributed by atoms with Crippen molar-refractivity contribution in [1.82, 2.24) is 4.98 Å². The van der Waals surface area contributed by atoms with Crippen LogP contribution in [0.3, 0.4) is 0 Å². The highest BCUT2D eigenvalue weighted by Gasteiger charge is 2.28. The van der Waals surface area contributed by atoms with Crippen LogP contribution < -0.4 is 16.0 Å². The topological polar surface area (TPSA) is 143 Å². The summed E-state index contributed by atoms with van der Waals surface area (Å²) >= 11 is 0. The fourth-order valence-electron chi connectivity index (χ4n) is 2.27. The minimum Gasteiger partial charge on any atom is -0.487 e. The molecule has 0 amide bonds.